The number of carbonyl (C=O) groups is 1. The van der Waals surface area contributed by atoms with Gasteiger partial charge in [-0.2, -0.15) is 16.9 Å². The smallest absolute Gasteiger partial charge is 0.260 e. The van der Waals surface area contributed by atoms with Gasteiger partial charge in [0.25, 0.3) is 5.91 Å². The fourth-order valence-electron chi connectivity index (χ4n) is 2.88. The van der Waals surface area contributed by atoms with Crippen molar-refractivity contribution < 1.29 is 17.9 Å². The van der Waals surface area contributed by atoms with Crippen LogP contribution in [0.4, 0.5) is 5.69 Å². The number of amides is 1. The van der Waals surface area contributed by atoms with E-state index in [0.717, 1.165) is 38.9 Å². The van der Waals surface area contributed by atoms with Crippen LogP contribution < -0.4 is 14.5 Å². The summed E-state index contributed by atoms with van der Waals surface area (Å²) in [6.45, 7) is 3.76. The van der Waals surface area contributed by atoms with Crippen LogP contribution in [0.3, 0.4) is 0 Å². The summed E-state index contributed by atoms with van der Waals surface area (Å²) < 4.78 is 31.3. The van der Waals surface area contributed by atoms with Crippen molar-refractivity contribution in [3.8, 4) is 5.75 Å². The highest BCUT2D eigenvalue weighted by Gasteiger charge is 2.21. The molecule has 1 aliphatic heterocycles. The van der Waals surface area contributed by atoms with Crippen LogP contribution in [0.15, 0.2) is 53.6 Å². The van der Waals surface area contributed by atoms with E-state index >= 15 is 0 Å². The molecule has 0 aliphatic carbocycles. The predicted molar refractivity (Wildman–Crippen MR) is 127 cm³/mol. The third-order valence-electron chi connectivity index (χ3n) is 4.73. The van der Waals surface area contributed by atoms with Gasteiger partial charge in [0.15, 0.2) is 0 Å². The molecule has 0 aromatic heterocycles. The first-order valence-corrected chi connectivity index (χ1v) is 13.0. The third kappa shape index (κ3) is 6.73. The number of sulfonamides is 1. The summed E-state index contributed by atoms with van der Waals surface area (Å²) in [5.74, 6) is 2.63. The maximum absolute atomic E-state index is 12.3. The summed E-state index contributed by atoms with van der Waals surface area (Å²) in [4.78, 5) is 12.3. The Labute approximate surface area is 187 Å². The average molecular weight is 462 g/mol. The minimum atomic E-state index is -3.63. The topological polar surface area (TPSA) is 88.1 Å². The molecule has 7 nitrogen and oxygen atoms in total. The van der Waals surface area contributed by atoms with Crippen LogP contribution in [-0.4, -0.2) is 50.9 Å². The Balaban J connectivity index is 1.57. The first-order valence-electron chi connectivity index (χ1n) is 9.96. The third-order valence-corrected chi connectivity index (χ3v) is 7.08. The van der Waals surface area contributed by atoms with Gasteiger partial charge in [0.2, 0.25) is 10.0 Å². The number of rotatable bonds is 9. The number of anilines is 1. The normalized spacial score (nSPS) is 14.5. The lowest BCUT2D eigenvalue weighted by Crippen LogP contribution is -2.39. The van der Waals surface area contributed by atoms with Gasteiger partial charge >= 0.3 is 0 Å². The van der Waals surface area contributed by atoms with Crippen LogP contribution in [0, 0.1) is 0 Å². The molecule has 1 amide bonds. The number of thioether (sulfide) groups is 1. The second kappa shape index (κ2) is 10.2. The fraction of sp³-hybridized carbons (Fsp3) is 0.364. The van der Waals surface area contributed by atoms with E-state index in [1.54, 1.807) is 12.1 Å². The second-order valence-electron chi connectivity index (χ2n) is 7.66. The van der Waals surface area contributed by atoms with Crippen LogP contribution in [0.2, 0.25) is 0 Å². The molecule has 0 atom stereocenters. The van der Waals surface area contributed by atoms with E-state index in [2.05, 4.69) is 24.4 Å². The van der Waals surface area contributed by atoms with Crippen molar-refractivity contribution >= 4 is 39.6 Å². The minimum absolute atomic E-state index is 0.281. The summed E-state index contributed by atoms with van der Waals surface area (Å²) in [5, 5.41) is 3.94. The summed E-state index contributed by atoms with van der Waals surface area (Å²) in [7, 11) is -3.63. The zero-order valence-electron chi connectivity index (χ0n) is 17.8. The molecular formula is C22H27N3O4S2. The first kappa shape index (κ1) is 23.1. The van der Waals surface area contributed by atoms with Gasteiger partial charge in [-0.3, -0.25) is 9.10 Å². The lowest BCUT2D eigenvalue weighted by molar-refractivity contribution is -0.119. The fourth-order valence-corrected chi connectivity index (χ4v) is 4.30. The van der Waals surface area contributed by atoms with Gasteiger partial charge in [0.1, 0.15) is 18.4 Å². The van der Waals surface area contributed by atoms with Gasteiger partial charge in [-0.15, -0.1) is 0 Å². The summed E-state index contributed by atoms with van der Waals surface area (Å²) >= 11 is 1.86. The Morgan fingerprint density at radius 2 is 1.84 bits per heavy atom. The number of carbonyl (C=O) groups excluding carboxylic acids is 1. The van der Waals surface area contributed by atoms with Crippen molar-refractivity contribution in [2.45, 2.75) is 25.9 Å². The van der Waals surface area contributed by atoms with Crippen LogP contribution in [0.25, 0.3) is 0 Å². The lowest BCUT2D eigenvalue weighted by Gasteiger charge is -2.25. The molecule has 0 bridgehead atoms. The predicted octanol–water partition coefficient (Wildman–Crippen LogP) is 3.22. The molecule has 166 valence electrons. The average Bonchev–Trinajstić information content (AvgIpc) is 2.69. The highest BCUT2D eigenvalue weighted by Crippen LogP contribution is 2.24. The highest BCUT2D eigenvalue weighted by molar-refractivity contribution is 8.00. The van der Waals surface area contributed by atoms with Crippen molar-refractivity contribution in [2.24, 2.45) is 5.10 Å². The Hall–Kier alpha value is -2.52. The van der Waals surface area contributed by atoms with Crippen molar-refractivity contribution in [3.63, 3.8) is 0 Å². The molecule has 2 aromatic rings. The molecule has 2 aromatic carbocycles. The van der Waals surface area contributed by atoms with Crippen LogP contribution in [0.5, 0.6) is 5.75 Å². The van der Waals surface area contributed by atoms with E-state index < -0.39 is 15.9 Å². The Morgan fingerprint density at radius 1 is 1.19 bits per heavy atom. The molecule has 3 rings (SSSR count). The molecule has 0 spiro atoms. The highest BCUT2D eigenvalue weighted by atomic mass is 32.2. The van der Waals surface area contributed by atoms with Crippen molar-refractivity contribution in [2.75, 3.05) is 28.6 Å². The van der Waals surface area contributed by atoms with Gasteiger partial charge < -0.3 is 4.74 Å². The molecule has 1 saturated heterocycles. The standard InChI is InChI=1S/C22H27N3O4S2/c1-16(2)18-6-8-19(9-7-18)25(31(3,27)28)13-22(26)24-23-12-17-4-10-20(11-5-17)29-21-14-30-15-21/h4-12,16,21H,13-15H2,1-3H3,(H,24,26)/b23-12-. The maximum atomic E-state index is 12.3. The van der Waals surface area contributed by atoms with E-state index in [4.69, 9.17) is 4.74 Å². The van der Waals surface area contributed by atoms with E-state index in [-0.39, 0.29) is 12.6 Å². The van der Waals surface area contributed by atoms with Crippen LogP contribution in [0.1, 0.15) is 30.9 Å². The maximum Gasteiger partial charge on any atom is 0.260 e. The molecule has 1 heterocycles. The van der Waals surface area contributed by atoms with E-state index in [0.29, 0.717) is 11.6 Å². The zero-order chi connectivity index (χ0) is 22.4. The Morgan fingerprint density at radius 3 is 2.35 bits per heavy atom. The Kier molecular flexibility index (Phi) is 7.61. The van der Waals surface area contributed by atoms with Crippen molar-refractivity contribution in [3.05, 3.63) is 59.7 Å². The number of hydrogen-bond acceptors (Lipinski definition) is 6. The molecule has 0 saturated carbocycles. The Bertz CT molecular complexity index is 1020. The first-order chi connectivity index (χ1) is 14.7. The van der Waals surface area contributed by atoms with Crippen LogP contribution >= 0.6 is 11.8 Å². The summed E-state index contributed by atoms with van der Waals surface area (Å²) in [5.41, 5.74) is 4.71. The monoisotopic (exact) mass is 461 g/mol. The second-order valence-corrected chi connectivity index (χ2v) is 10.6. The number of hydrazone groups is 1. The molecule has 1 fully saturated rings. The molecule has 0 unspecified atom stereocenters. The van der Waals surface area contributed by atoms with Crippen LogP contribution in [-0.2, 0) is 14.8 Å². The number of hydrogen-bond donors (Lipinski definition) is 1. The van der Waals surface area contributed by atoms with Gasteiger partial charge in [0, 0.05) is 11.5 Å². The summed E-state index contributed by atoms with van der Waals surface area (Å²) in [6.07, 6.45) is 2.86. The number of benzene rings is 2. The number of ether oxygens (including phenoxy) is 1. The minimum Gasteiger partial charge on any atom is -0.489 e. The SMILES string of the molecule is CC(C)c1ccc(N(CC(=O)N/N=C\c2ccc(OC3CSC3)cc2)S(C)(=O)=O)cc1. The number of nitrogens with one attached hydrogen (secondary N) is 1. The van der Waals surface area contributed by atoms with Gasteiger partial charge in [-0.1, -0.05) is 26.0 Å². The molecule has 1 aliphatic rings. The summed E-state index contributed by atoms with van der Waals surface area (Å²) in [6, 6.07) is 14.6. The quantitative estimate of drug-likeness (QED) is 0.458. The van der Waals surface area contributed by atoms with E-state index in [1.165, 1.54) is 6.21 Å². The van der Waals surface area contributed by atoms with Gasteiger partial charge in [-0.25, -0.2) is 13.8 Å². The molecular weight excluding hydrogens is 434 g/mol. The largest absolute Gasteiger partial charge is 0.489 e. The van der Waals surface area contributed by atoms with E-state index in [9.17, 15) is 13.2 Å². The molecule has 0 radical (unpaired) electrons. The van der Waals surface area contributed by atoms with Crippen molar-refractivity contribution in [1.82, 2.24) is 5.43 Å². The van der Waals surface area contributed by atoms with Gasteiger partial charge in [0.05, 0.1) is 18.2 Å². The van der Waals surface area contributed by atoms with Crippen molar-refractivity contribution in [1.29, 1.82) is 0 Å². The lowest BCUT2D eigenvalue weighted by atomic mass is 10.0. The molecule has 9 heteroatoms. The zero-order valence-corrected chi connectivity index (χ0v) is 19.4. The van der Waals surface area contributed by atoms with Gasteiger partial charge in [-0.05, 0) is 53.4 Å². The number of nitrogens with zero attached hydrogens (tertiary/aromatic N) is 2. The molecule has 1 N–H and O–H groups in total. The van der Waals surface area contributed by atoms with E-state index in [1.807, 2.05) is 48.2 Å². The molecule has 31 heavy (non-hydrogen) atoms.